The molecular weight excluding hydrogens is 295 g/mol. The number of benzene rings is 2. The van der Waals surface area contributed by atoms with Crippen molar-refractivity contribution in [1.29, 1.82) is 0 Å². The fourth-order valence-electron chi connectivity index (χ4n) is 1.93. The third-order valence-electron chi connectivity index (χ3n) is 2.94. The van der Waals surface area contributed by atoms with Crippen LogP contribution in [-0.2, 0) is 0 Å². The number of hydrogen-bond donors (Lipinski definition) is 0. The second-order valence-electron chi connectivity index (χ2n) is 4.21. The molecule has 0 aliphatic heterocycles. The van der Waals surface area contributed by atoms with Gasteiger partial charge in [0.2, 0.25) is 0 Å². The molecular formula is C15H10ClFN2O2. The lowest BCUT2D eigenvalue weighted by molar-refractivity contribution is 0.414. The molecule has 0 fully saturated rings. The summed E-state index contributed by atoms with van der Waals surface area (Å²) < 4.78 is 24.7. The van der Waals surface area contributed by atoms with Crippen molar-refractivity contribution in [3.63, 3.8) is 0 Å². The van der Waals surface area contributed by atoms with Crippen molar-refractivity contribution in [1.82, 2.24) is 10.2 Å². The van der Waals surface area contributed by atoms with Crippen LogP contribution in [0.1, 0.15) is 0 Å². The Balaban J connectivity index is 2.06. The molecule has 6 heteroatoms. The Morgan fingerprint density at radius 1 is 1.00 bits per heavy atom. The minimum atomic E-state index is -0.589. The third kappa shape index (κ3) is 2.48. The molecule has 0 atom stereocenters. The van der Waals surface area contributed by atoms with E-state index < -0.39 is 5.82 Å². The van der Waals surface area contributed by atoms with Gasteiger partial charge in [0.15, 0.2) is 5.82 Å². The van der Waals surface area contributed by atoms with Crippen LogP contribution in [0.4, 0.5) is 4.39 Å². The van der Waals surface area contributed by atoms with Crippen LogP contribution in [0.2, 0.25) is 5.02 Å². The number of methoxy groups -OCH3 is 1. The first kappa shape index (κ1) is 13.6. The molecule has 21 heavy (non-hydrogen) atoms. The van der Waals surface area contributed by atoms with Crippen LogP contribution in [0.15, 0.2) is 46.9 Å². The molecule has 3 rings (SSSR count). The summed E-state index contributed by atoms with van der Waals surface area (Å²) in [5.41, 5.74) is 0.803. The molecule has 0 aliphatic rings. The van der Waals surface area contributed by atoms with Crippen molar-refractivity contribution in [2.75, 3.05) is 7.11 Å². The Kier molecular flexibility index (Phi) is 3.58. The summed E-state index contributed by atoms with van der Waals surface area (Å²) in [5, 5.41) is 7.81. The number of rotatable bonds is 3. The van der Waals surface area contributed by atoms with Gasteiger partial charge in [0.05, 0.1) is 23.3 Å². The number of nitrogens with zero attached hydrogens (tertiary/aromatic N) is 2. The smallest absolute Gasteiger partial charge is 0.251 e. The Bertz CT molecular complexity index is 789. The molecule has 0 saturated carbocycles. The van der Waals surface area contributed by atoms with Crippen LogP contribution in [0.3, 0.4) is 0 Å². The number of aromatic nitrogens is 2. The predicted octanol–water partition coefficient (Wildman–Crippen LogP) is 4.20. The summed E-state index contributed by atoms with van der Waals surface area (Å²) in [4.78, 5) is 0. The predicted molar refractivity (Wildman–Crippen MR) is 76.7 cm³/mol. The summed E-state index contributed by atoms with van der Waals surface area (Å²) in [6.07, 6.45) is 0. The first-order valence-electron chi connectivity index (χ1n) is 6.12. The van der Waals surface area contributed by atoms with E-state index in [0.29, 0.717) is 11.3 Å². The third-order valence-corrected chi connectivity index (χ3v) is 3.24. The Morgan fingerprint density at radius 2 is 1.67 bits per heavy atom. The van der Waals surface area contributed by atoms with Gasteiger partial charge in [0.1, 0.15) is 5.75 Å². The molecule has 0 radical (unpaired) electrons. The SMILES string of the molecule is COc1ccccc1-c1nnc(-c2cccc(Cl)c2F)o1. The zero-order valence-corrected chi connectivity index (χ0v) is 11.8. The van der Waals surface area contributed by atoms with E-state index in [1.807, 2.05) is 12.1 Å². The average Bonchev–Trinajstić information content (AvgIpc) is 2.99. The number of hydrogen-bond acceptors (Lipinski definition) is 4. The number of ether oxygens (including phenoxy) is 1. The first-order chi connectivity index (χ1) is 10.2. The van der Waals surface area contributed by atoms with E-state index in [1.54, 1.807) is 25.3 Å². The normalized spacial score (nSPS) is 10.6. The van der Waals surface area contributed by atoms with E-state index >= 15 is 0 Å². The second kappa shape index (κ2) is 5.54. The van der Waals surface area contributed by atoms with Gasteiger partial charge in [-0.3, -0.25) is 0 Å². The van der Waals surface area contributed by atoms with E-state index in [9.17, 15) is 4.39 Å². The van der Waals surface area contributed by atoms with Gasteiger partial charge in [-0.05, 0) is 24.3 Å². The lowest BCUT2D eigenvalue weighted by Gasteiger charge is -2.03. The molecule has 106 valence electrons. The lowest BCUT2D eigenvalue weighted by atomic mass is 10.2. The van der Waals surface area contributed by atoms with Crippen LogP contribution in [0.5, 0.6) is 5.75 Å². The zero-order valence-electron chi connectivity index (χ0n) is 11.0. The molecule has 2 aromatic carbocycles. The fourth-order valence-corrected chi connectivity index (χ4v) is 2.11. The number of halogens is 2. The summed E-state index contributed by atoms with van der Waals surface area (Å²) in [6.45, 7) is 0. The maximum atomic E-state index is 14.0. The largest absolute Gasteiger partial charge is 0.496 e. The molecule has 0 bridgehead atoms. The van der Waals surface area contributed by atoms with Crippen molar-refractivity contribution < 1.29 is 13.5 Å². The Morgan fingerprint density at radius 3 is 2.43 bits per heavy atom. The molecule has 0 aliphatic carbocycles. The van der Waals surface area contributed by atoms with Gasteiger partial charge in [-0.25, -0.2) is 4.39 Å². The average molecular weight is 305 g/mol. The van der Waals surface area contributed by atoms with E-state index in [-0.39, 0.29) is 22.4 Å². The van der Waals surface area contributed by atoms with Crippen molar-refractivity contribution in [2.24, 2.45) is 0 Å². The van der Waals surface area contributed by atoms with E-state index in [2.05, 4.69) is 10.2 Å². The first-order valence-corrected chi connectivity index (χ1v) is 6.50. The molecule has 3 aromatic rings. The van der Waals surface area contributed by atoms with Crippen molar-refractivity contribution in [3.8, 4) is 28.7 Å². The highest BCUT2D eigenvalue weighted by atomic mass is 35.5. The molecule has 1 heterocycles. The summed E-state index contributed by atoms with van der Waals surface area (Å²) in [7, 11) is 1.55. The maximum absolute atomic E-state index is 14.0. The van der Waals surface area contributed by atoms with Gasteiger partial charge in [-0.2, -0.15) is 0 Å². The van der Waals surface area contributed by atoms with Gasteiger partial charge in [-0.15, -0.1) is 10.2 Å². The van der Waals surface area contributed by atoms with Gasteiger partial charge in [0.25, 0.3) is 11.8 Å². The number of para-hydroxylation sites is 1. The standard InChI is InChI=1S/C15H10ClFN2O2/c1-20-12-8-3-2-5-9(12)14-18-19-15(21-14)10-6-4-7-11(16)13(10)17/h2-8H,1H3. The van der Waals surface area contributed by atoms with Crippen LogP contribution in [-0.4, -0.2) is 17.3 Å². The quantitative estimate of drug-likeness (QED) is 0.727. The molecule has 0 unspecified atom stereocenters. The Hall–Kier alpha value is -2.40. The van der Waals surface area contributed by atoms with Crippen LogP contribution in [0, 0.1) is 5.82 Å². The highest BCUT2D eigenvalue weighted by Crippen LogP contribution is 2.32. The monoisotopic (exact) mass is 304 g/mol. The zero-order chi connectivity index (χ0) is 14.8. The van der Waals surface area contributed by atoms with Crippen molar-refractivity contribution in [2.45, 2.75) is 0 Å². The summed E-state index contributed by atoms with van der Waals surface area (Å²) in [5.74, 6) is 0.325. The Labute approximate surface area is 125 Å². The molecule has 0 saturated heterocycles. The molecule has 0 amide bonds. The van der Waals surface area contributed by atoms with Gasteiger partial charge >= 0.3 is 0 Å². The minimum Gasteiger partial charge on any atom is -0.496 e. The summed E-state index contributed by atoms with van der Waals surface area (Å²) in [6, 6.07) is 11.8. The van der Waals surface area contributed by atoms with Crippen LogP contribution in [0.25, 0.3) is 22.9 Å². The van der Waals surface area contributed by atoms with E-state index in [0.717, 1.165) is 0 Å². The summed E-state index contributed by atoms with van der Waals surface area (Å²) >= 11 is 5.75. The lowest BCUT2D eigenvalue weighted by Crippen LogP contribution is -1.87. The molecule has 0 N–H and O–H groups in total. The van der Waals surface area contributed by atoms with Crippen LogP contribution < -0.4 is 4.74 Å². The fraction of sp³-hybridized carbons (Fsp3) is 0.0667. The molecule has 0 spiro atoms. The highest BCUT2D eigenvalue weighted by molar-refractivity contribution is 6.31. The maximum Gasteiger partial charge on any atom is 0.251 e. The van der Waals surface area contributed by atoms with Crippen molar-refractivity contribution in [3.05, 3.63) is 53.3 Å². The minimum absolute atomic E-state index is 0.00421. The molecule has 1 aromatic heterocycles. The topological polar surface area (TPSA) is 48.2 Å². The molecule has 4 nitrogen and oxygen atoms in total. The van der Waals surface area contributed by atoms with Gasteiger partial charge < -0.3 is 9.15 Å². The highest BCUT2D eigenvalue weighted by Gasteiger charge is 2.17. The van der Waals surface area contributed by atoms with Gasteiger partial charge in [-0.1, -0.05) is 29.8 Å². The van der Waals surface area contributed by atoms with E-state index in [1.165, 1.54) is 12.1 Å². The van der Waals surface area contributed by atoms with Gasteiger partial charge in [0, 0.05) is 0 Å². The second-order valence-corrected chi connectivity index (χ2v) is 4.62. The van der Waals surface area contributed by atoms with Crippen molar-refractivity contribution >= 4 is 11.6 Å². The van der Waals surface area contributed by atoms with E-state index in [4.69, 9.17) is 20.8 Å². The van der Waals surface area contributed by atoms with Crippen LogP contribution >= 0.6 is 11.6 Å².